The predicted octanol–water partition coefficient (Wildman–Crippen LogP) is 6.65. The van der Waals surface area contributed by atoms with Crippen LogP contribution in [0.1, 0.15) is 11.1 Å². The SMILES string of the molecule is CN(C)c1ccc(-c2ccc(Cl)cc2CC(=O)OC(=O)Cc2cc(Cl)ccc2-c2ccc(S(C)(=O)=O)cc2)cc1. The molecular weight excluding hydrogens is 569 g/mol. The topological polar surface area (TPSA) is 80.8 Å². The van der Waals surface area contributed by atoms with Gasteiger partial charge in [-0.3, -0.25) is 9.59 Å². The van der Waals surface area contributed by atoms with Crippen LogP contribution in [-0.2, 0) is 37.0 Å². The van der Waals surface area contributed by atoms with Crippen LogP contribution in [0.4, 0.5) is 5.69 Å². The lowest BCUT2D eigenvalue weighted by molar-refractivity contribution is -0.158. The first kappa shape index (κ1) is 29.3. The minimum Gasteiger partial charge on any atom is -0.393 e. The van der Waals surface area contributed by atoms with Crippen molar-refractivity contribution in [2.24, 2.45) is 0 Å². The van der Waals surface area contributed by atoms with E-state index < -0.39 is 21.8 Å². The quantitative estimate of drug-likeness (QED) is 0.167. The molecule has 0 aliphatic carbocycles. The maximum Gasteiger partial charge on any atom is 0.317 e. The second kappa shape index (κ2) is 12.3. The Bertz CT molecular complexity index is 1670. The fourth-order valence-electron chi connectivity index (χ4n) is 4.31. The third-order valence-corrected chi connectivity index (χ3v) is 7.92. The van der Waals surface area contributed by atoms with Gasteiger partial charge in [0.15, 0.2) is 9.84 Å². The van der Waals surface area contributed by atoms with Crippen LogP contribution in [0, 0.1) is 0 Å². The Morgan fingerprint density at radius 3 is 1.52 bits per heavy atom. The number of esters is 2. The summed E-state index contributed by atoms with van der Waals surface area (Å²) in [5.41, 5.74) is 5.31. The molecule has 0 radical (unpaired) electrons. The minimum absolute atomic E-state index is 0.146. The first-order valence-corrected chi connectivity index (χ1v) is 14.9. The van der Waals surface area contributed by atoms with E-state index in [1.54, 1.807) is 42.5 Å². The molecule has 0 saturated heterocycles. The van der Waals surface area contributed by atoms with Crippen LogP contribution in [0.25, 0.3) is 22.3 Å². The molecule has 6 nitrogen and oxygen atoms in total. The highest BCUT2D eigenvalue weighted by molar-refractivity contribution is 7.90. The monoisotopic (exact) mass is 595 g/mol. The Balaban J connectivity index is 1.51. The number of anilines is 1. The van der Waals surface area contributed by atoms with Crippen molar-refractivity contribution in [3.8, 4) is 22.3 Å². The van der Waals surface area contributed by atoms with E-state index in [9.17, 15) is 18.0 Å². The first-order valence-electron chi connectivity index (χ1n) is 12.3. The summed E-state index contributed by atoms with van der Waals surface area (Å²) in [6.45, 7) is 0. The maximum absolute atomic E-state index is 12.8. The van der Waals surface area contributed by atoms with Gasteiger partial charge in [-0.05, 0) is 81.9 Å². The van der Waals surface area contributed by atoms with Gasteiger partial charge < -0.3 is 9.64 Å². The van der Waals surface area contributed by atoms with Crippen molar-refractivity contribution in [2.75, 3.05) is 25.3 Å². The first-order chi connectivity index (χ1) is 18.9. The molecule has 0 spiro atoms. The minimum atomic E-state index is -3.35. The fourth-order valence-corrected chi connectivity index (χ4v) is 5.33. The van der Waals surface area contributed by atoms with Gasteiger partial charge in [-0.1, -0.05) is 59.6 Å². The molecule has 40 heavy (non-hydrogen) atoms. The Hall–Kier alpha value is -3.65. The van der Waals surface area contributed by atoms with Crippen molar-refractivity contribution < 1.29 is 22.7 Å². The van der Waals surface area contributed by atoms with Gasteiger partial charge in [-0.15, -0.1) is 0 Å². The predicted molar refractivity (Wildman–Crippen MR) is 160 cm³/mol. The summed E-state index contributed by atoms with van der Waals surface area (Å²) in [5, 5.41) is 0.878. The summed E-state index contributed by atoms with van der Waals surface area (Å²) in [4.78, 5) is 27.8. The van der Waals surface area contributed by atoms with Crippen LogP contribution < -0.4 is 4.90 Å². The van der Waals surface area contributed by atoms with Crippen LogP contribution in [-0.4, -0.2) is 40.7 Å². The molecule has 0 saturated carbocycles. The van der Waals surface area contributed by atoms with E-state index in [0.29, 0.717) is 32.3 Å². The fraction of sp³-hybridized carbons (Fsp3) is 0.161. The largest absolute Gasteiger partial charge is 0.393 e. The van der Waals surface area contributed by atoms with Crippen molar-refractivity contribution in [3.63, 3.8) is 0 Å². The summed E-state index contributed by atoms with van der Waals surface area (Å²) in [5.74, 6) is -1.44. The highest BCUT2D eigenvalue weighted by Crippen LogP contribution is 2.30. The van der Waals surface area contributed by atoms with E-state index in [4.69, 9.17) is 27.9 Å². The van der Waals surface area contributed by atoms with Crippen LogP contribution in [0.2, 0.25) is 10.0 Å². The van der Waals surface area contributed by atoms with E-state index in [0.717, 1.165) is 23.1 Å². The van der Waals surface area contributed by atoms with E-state index in [2.05, 4.69) is 0 Å². The van der Waals surface area contributed by atoms with Gasteiger partial charge in [0.1, 0.15) is 0 Å². The standard InChI is InChI=1S/C31H27Cl2NO5S/c1-34(2)26-10-4-20(5-11-26)28-14-8-24(32)16-22(28)18-30(35)39-31(36)19-23-17-25(33)9-15-29(23)21-6-12-27(13-7-21)40(3,37)38/h4-17H,18-19H2,1-3H3. The van der Waals surface area contributed by atoms with E-state index in [1.807, 2.05) is 49.3 Å². The average molecular weight is 597 g/mol. The summed E-state index contributed by atoms with van der Waals surface area (Å²) in [6.07, 6.45) is 0.784. The Labute approximate surface area is 244 Å². The number of hydrogen-bond acceptors (Lipinski definition) is 6. The molecule has 4 aromatic rings. The maximum atomic E-state index is 12.8. The Kier molecular flexibility index (Phi) is 8.98. The lowest BCUT2D eigenvalue weighted by Gasteiger charge is -2.14. The highest BCUT2D eigenvalue weighted by atomic mass is 35.5. The van der Waals surface area contributed by atoms with Crippen molar-refractivity contribution >= 4 is 50.7 Å². The number of ether oxygens (including phenoxy) is 1. The molecule has 4 aromatic carbocycles. The number of benzene rings is 4. The van der Waals surface area contributed by atoms with Gasteiger partial charge in [0.2, 0.25) is 0 Å². The van der Waals surface area contributed by atoms with Crippen LogP contribution in [0.3, 0.4) is 0 Å². The zero-order chi connectivity index (χ0) is 29.0. The molecular formula is C31H27Cl2NO5S. The number of carbonyl (C=O) groups is 2. The van der Waals surface area contributed by atoms with Gasteiger partial charge in [0.05, 0.1) is 17.7 Å². The Morgan fingerprint density at radius 2 is 1.12 bits per heavy atom. The molecule has 0 heterocycles. The van der Waals surface area contributed by atoms with Gasteiger partial charge >= 0.3 is 11.9 Å². The van der Waals surface area contributed by atoms with Gasteiger partial charge in [0.25, 0.3) is 0 Å². The second-order valence-corrected chi connectivity index (χ2v) is 12.4. The number of halogens is 2. The van der Waals surface area contributed by atoms with E-state index in [-0.39, 0.29) is 17.7 Å². The zero-order valence-corrected chi connectivity index (χ0v) is 24.5. The smallest absolute Gasteiger partial charge is 0.317 e. The average Bonchev–Trinajstić information content (AvgIpc) is 2.88. The molecule has 4 rings (SSSR count). The molecule has 0 aromatic heterocycles. The molecule has 0 aliphatic heterocycles. The number of hydrogen-bond donors (Lipinski definition) is 0. The molecule has 0 N–H and O–H groups in total. The molecule has 0 aliphatic rings. The summed E-state index contributed by atoms with van der Waals surface area (Å²) < 4.78 is 28.8. The lowest BCUT2D eigenvalue weighted by Crippen LogP contribution is -2.17. The van der Waals surface area contributed by atoms with E-state index in [1.165, 1.54) is 12.1 Å². The number of carbonyl (C=O) groups excluding carboxylic acids is 2. The summed E-state index contributed by atoms with van der Waals surface area (Å²) in [7, 11) is 0.561. The van der Waals surface area contributed by atoms with Crippen LogP contribution >= 0.6 is 23.2 Å². The van der Waals surface area contributed by atoms with Gasteiger partial charge in [-0.25, -0.2) is 8.42 Å². The molecule has 0 atom stereocenters. The summed E-state index contributed by atoms with van der Waals surface area (Å²) >= 11 is 12.4. The third-order valence-electron chi connectivity index (χ3n) is 6.32. The molecule has 0 fully saturated rings. The van der Waals surface area contributed by atoms with Crippen molar-refractivity contribution in [1.82, 2.24) is 0 Å². The van der Waals surface area contributed by atoms with Gasteiger partial charge in [0, 0.05) is 36.1 Å². The van der Waals surface area contributed by atoms with Crippen molar-refractivity contribution in [1.29, 1.82) is 0 Å². The van der Waals surface area contributed by atoms with Crippen molar-refractivity contribution in [3.05, 3.63) is 106 Å². The molecule has 0 amide bonds. The number of nitrogens with zero attached hydrogens (tertiary/aromatic N) is 1. The normalized spacial score (nSPS) is 11.2. The van der Waals surface area contributed by atoms with E-state index >= 15 is 0 Å². The van der Waals surface area contributed by atoms with Crippen LogP contribution in [0.15, 0.2) is 89.8 Å². The number of sulfone groups is 1. The van der Waals surface area contributed by atoms with Crippen LogP contribution in [0.5, 0.6) is 0 Å². The highest BCUT2D eigenvalue weighted by Gasteiger charge is 2.18. The van der Waals surface area contributed by atoms with Crippen molar-refractivity contribution in [2.45, 2.75) is 17.7 Å². The third kappa shape index (κ3) is 7.30. The number of rotatable bonds is 8. The Morgan fingerprint density at radius 1 is 0.700 bits per heavy atom. The summed E-state index contributed by atoms with van der Waals surface area (Å²) in [6, 6.07) is 24.5. The molecule has 206 valence electrons. The van der Waals surface area contributed by atoms with Gasteiger partial charge in [-0.2, -0.15) is 0 Å². The zero-order valence-electron chi connectivity index (χ0n) is 22.1. The molecule has 9 heteroatoms. The second-order valence-electron chi connectivity index (χ2n) is 9.54. The molecule has 0 bridgehead atoms. The lowest BCUT2D eigenvalue weighted by atomic mass is 9.97. The molecule has 0 unspecified atom stereocenters.